The summed E-state index contributed by atoms with van der Waals surface area (Å²) in [5, 5.41) is 15.4. The number of rotatable bonds is 4. The zero-order valence-electron chi connectivity index (χ0n) is 6.14. The van der Waals surface area contributed by atoms with Crippen molar-refractivity contribution in [2.45, 2.75) is 18.4 Å². The van der Waals surface area contributed by atoms with Crippen LogP contribution in [0.1, 0.15) is 6.92 Å². The summed E-state index contributed by atoms with van der Waals surface area (Å²) in [5.74, 6) is -1.45. The fraction of sp³-hybridized carbons (Fsp3) is 0.800. The maximum atomic E-state index is 10.4. The van der Waals surface area contributed by atoms with E-state index in [1.807, 2.05) is 0 Å². The fourth-order valence-corrected chi connectivity index (χ4v) is 0.894. The molecule has 2 N–H and O–H groups in total. The topological polar surface area (TPSA) is 83.8 Å². The molecule has 0 aromatic rings. The first-order chi connectivity index (χ1) is 5.01. The fourth-order valence-electron chi connectivity index (χ4n) is 0.589. The van der Waals surface area contributed by atoms with Gasteiger partial charge in [-0.3, -0.25) is 4.57 Å². The Bertz CT molecular complexity index is 168. The van der Waals surface area contributed by atoms with Crippen molar-refractivity contribution in [1.29, 1.82) is 0 Å². The summed E-state index contributed by atoms with van der Waals surface area (Å²) in [5.41, 5.74) is 0. The number of aliphatic hydroxyl groups excluding tert-OH is 1. The Morgan fingerprint density at radius 2 is 2.18 bits per heavy atom. The van der Waals surface area contributed by atoms with E-state index in [-0.39, 0.29) is 0 Å². The van der Waals surface area contributed by atoms with Crippen LogP contribution in [-0.2, 0) is 14.1 Å². The van der Waals surface area contributed by atoms with Crippen molar-refractivity contribution < 1.29 is 24.3 Å². The Morgan fingerprint density at radius 3 is 2.18 bits per heavy atom. The maximum absolute atomic E-state index is 10.4. The van der Waals surface area contributed by atoms with Gasteiger partial charge in [0.25, 0.3) is 5.34 Å². The third-order valence-corrected chi connectivity index (χ3v) is 2.34. The first-order valence-electron chi connectivity index (χ1n) is 2.82. The van der Waals surface area contributed by atoms with Crippen LogP contribution < -0.4 is 0 Å². The normalized spacial score (nSPS) is 19.2. The quantitative estimate of drug-likeness (QED) is 0.599. The molecule has 6 heteroatoms. The van der Waals surface area contributed by atoms with Crippen LogP contribution in [0.15, 0.2) is 0 Å². The van der Waals surface area contributed by atoms with Gasteiger partial charge in [0, 0.05) is 7.11 Å². The van der Waals surface area contributed by atoms with Gasteiger partial charge in [-0.05, 0) is 6.92 Å². The number of ether oxygens (including phenoxy) is 1. The van der Waals surface area contributed by atoms with Gasteiger partial charge < -0.3 is 14.9 Å². The van der Waals surface area contributed by atoms with E-state index in [0.29, 0.717) is 0 Å². The highest BCUT2D eigenvalue weighted by atomic mass is 31.1. The minimum atomic E-state index is -2.03. The maximum Gasteiger partial charge on any atom is 0.351 e. The highest BCUT2D eigenvalue weighted by Gasteiger charge is 2.45. The molecule has 2 unspecified atom stereocenters. The Balaban J connectivity index is 4.75. The summed E-state index contributed by atoms with van der Waals surface area (Å²) in [4.78, 5) is 10.4. The molecule has 0 aliphatic rings. The van der Waals surface area contributed by atoms with Gasteiger partial charge in [-0.25, -0.2) is 4.79 Å². The minimum absolute atomic E-state index is 0.765. The van der Waals surface area contributed by atoms with Crippen LogP contribution in [0.5, 0.6) is 0 Å². The first-order valence-corrected chi connectivity index (χ1v) is 3.63. The summed E-state index contributed by atoms with van der Waals surface area (Å²) in [6.07, 6.45) is -1.33. The van der Waals surface area contributed by atoms with Gasteiger partial charge in [0.05, 0.1) is 0 Å². The summed E-state index contributed by atoms with van der Waals surface area (Å²) in [6.45, 7) is 1.20. The van der Waals surface area contributed by atoms with E-state index in [2.05, 4.69) is 4.74 Å². The summed E-state index contributed by atoms with van der Waals surface area (Å²) in [7, 11) is 0.310. The van der Waals surface area contributed by atoms with Crippen molar-refractivity contribution in [1.82, 2.24) is 0 Å². The largest absolute Gasteiger partial charge is 0.478 e. The molecular formula is C5H9O5P. The smallest absolute Gasteiger partial charge is 0.351 e. The van der Waals surface area contributed by atoms with Gasteiger partial charge in [0.1, 0.15) is 6.10 Å². The van der Waals surface area contributed by atoms with Crippen molar-refractivity contribution in [2.75, 3.05) is 7.11 Å². The SMILES string of the molecule is COC(P=O)(C(=O)O)C(C)O. The van der Waals surface area contributed by atoms with E-state index in [1.54, 1.807) is 0 Å². The van der Waals surface area contributed by atoms with Crippen molar-refractivity contribution in [3.05, 3.63) is 0 Å². The Morgan fingerprint density at radius 1 is 1.73 bits per heavy atom. The zero-order valence-corrected chi connectivity index (χ0v) is 7.04. The average Bonchev–Trinajstić information content (AvgIpc) is 1.90. The molecule has 11 heavy (non-hydrogen) atoms. The molecule has 5 nitrogen and oxygen atoms in total. The Hall–Kier alpha value is -0.510. The van der Waals surface area contributed by atoms with Crippen LogP contribution in [0.25, 0.3) is 0 Å². The van der Waals surface area contributed by atoms with E-state index in [9.17, 15) is 9.36 Å². The highest BCUT2D eigenvalue weighted by molar-refractivity contribution is 7.27. The molecule has 0 saturated carbocycles. The molecule has 0 aliphatic heterocycles. The number of carboxylic acids is 1. The lowest BCUT2D eigenvalue weighted by Crippen LogP contribution is -2.44. The molecule has 0 fully saturated rings. The van der Waals surface area contributed by atoms with Crippen molar-refractivity contribution >= 4 is 14.4 Å². The lowest BCUT2D eigenvalue weighted by molar-refractivity contribution is -0.160. The average molecular weight is 180 g/mol. The molecule has 0 rings (SSSR count). The lowest BCUT2D eigenvalue weighted by Gasteiger charge is -2.22. The van der Waals surface area contributed by atoms with Gasteiger partial charge in [0.2, 0.25) is 8.46 Å². The molecule has 0 aromatic carbocycles. The number of hydrogen-bond donors (Lipinski definition) is 2. The van der Waals surface area contributed by atoms with Crippen LogP contribution in [-0.4, -0.2) is 34.7 Å². The first kappa shape index (κ1) is 10.5. The van der Waals surface area contributed by atoms with Crippen molar-refractivity contribution in [2.24, 2.45) is 0 Å². The molecule has 0 saturated heterocycles. The number of carbonyl (C=O) groups is 1. The van der Waals surface area contributed by atoms with E-state index in [4.69, 9.17) is 10.2 Å². The predicted octanol–water partition coefficient (Wildman–Crippen LogP) is 0.0862. The monoisotopic (exact) mass is 180 g/mol. The van der Waals surface area contributed by atoms with Crippen LogP contribution in [0.4, 0.5) is 0 Å². The van der Waals surface area contributed by atoms with Gasteiger partial charge in [-0.1, -0.05) is 0 Å². The van der Waals surface area contributed by atoms with Crippen molar-refractivity contribution in [3.8, 4) is 0 Å². The van der Waals surface area contributed by atoms with Crippen molar-refractivity contribution in [3.63, 3.8) is 0 Å². The Kier molecular flexibility index (Phi) is 3.58. The second kappa shape index (κ2) is 3.76. The Labute approximate surface area is 65.2 Å². The van der Waals surface area contributed by atoms with Gasteiger partial charge in [0.15, 0.2) is 0 Å². The van der Waals surface area contributed by atoms with Crippen LogP contribution in [0.3, 0.4) is 0 Å². The molecule has 0 radical (unpaired) electrons. The number of aliphatic hydroxyl groups is 1. The molecule has 0 amide bonds. The molecule has 0 heterocycles. The van der Waals surface area contributed by atoms with Crippen LogP contribution in [0.2, 0.25) is 0 Å². The van der Waals surface area contributed by atoms with E-state index in [1.165, 1.54) is 6.92 Å². The molecule has 0 bridgehead atoms. The second-order valence-corrected chi connectivity index (χ2v) is 2.82. The number of carboxylic acid groups (broad SMARTS) is 1. The predicted molar refractivity (Wildman–Crippen MR) is 36.7 cm³/mol. The molecule has 0 aromatic heterocycles. The highest BCUT2D eigenvalue weighted by Crippen LogP contribution is 2.28. The molecule has 0 aliphatic carbocycles. The third kappa shape index (κ3) is 1.74. The van der Waals surface area contributed by atoms with E-state index in [0.717, 1.165) is 7.11 Å². The second-order valence-electron chi connectivity index (χ2n) is 1.97. The molecule has 64 valence electrons. The molecular weight excluding hydrogens is 171 g/mol. The third-order valence-electron chi connectivity index (χ3n) is 1.32. The summed E-state index contributed by atoms with van der Waals surface area (Å²) >= 11 is 0. The number of methoxy groups -OCH3 is 1. The molecule has 2 atom stereocenters. The van der Waals surface area contributed by atoms with E-state index < -0.39 is 25.9 Å². The summed E-state index contributed by atoms with van der Waals surface area (Å²) in [6, 6.07) is 0. The van der Waals surface area contributed by atoms with Gasteiger partial charge in [-0.2, -0.15) is 0 Å². The van der Waals surface area contributed by atoms with Gasteiger partial charge >= 0.3 is 5.97 Å². The standard InChI is InChI=1S/C5H9O5P/c1-3(6)5(10-2,11-9)4(7)8/h3,6H,1-2H3,(H,7,8). The summed E-state index contributed by atoms with van der Waals surface area (Å²) < 4.78 is 14.8. The van der Waals surface area contributed by atoms with E-state index >= 15 is 0 Å². The van der Waals surface area contributed by atoms with Crippen LogP contribution >= 0.6 is 8.46 Å². The minimum Gasteiger partial charge on any atom is -0.478 e. The number of hydrogen-bond acceptors (Lipinski definition) is 4. The van der Waals surface area contributed by atoms with Gasteiger partial charge in [-0.15, -0.1) is 0 Å². The number of aliphatic carboxylic acids is 1. The lowest BCUT2D eigenvalue weighted by atomic mass is 10.2. The van der Waals surface area contributed by atoms with Crippen LogP contribution in [0, 0.1) is 0 Å². The molecule has 0 spiro atoms. The zero-order chi connectivity index (χ0) is 9.07.